The molecule has 0 aromatic heterocycles. The topological polar surface area (TPSA) is 43.7 Å². The molecule has 0 spiro atoms. The molecule has 64 valence electrons. The Balaban J connectivity index is 2.46. The van der Waals surface area contributed by atoms with Gasteiger partial charge in [0.25, 0.3) is 0 Å². The van der Waals surface area contributed by atoms with E-state index in [1.807, 2.05) is 17.9 Å². The Morgan fingerprint density at radius 1 is 1.45 bits per heavy atom. The lowest BCUT2D eigenvalue weighted by Gasteiger charge is -2.19. The van der Waals surface area contributed by atoms with Crippen LogP contribution < -0.4 is 0 Å². The van der Waals surface area contributed by atoms with Crippen molar-refractivity contribution < 1.29 is 10.2 Å². The number of likely N-dealkylation sites (tertiary alicyclic amines) is 1. The van der Waals surface area contributed by atoms with Crippen molar-refractivity contribution in [1.82, 2.24) is 4.90 Å². The molecule has 2 N–H and O–H groups in total. The van der Waals surface area contributed by atoms with Gasteiger partial charge >= 0.3 is 0 Å². The van der Waals surface area contributed by atoms with Crippen molar-refractivity contribution in [2.75, 3.05) is 13.1 Å². The molecule has 0 saturated carbocycles. The lowest BCUT2D eigenvalue weighted by Crippen LogP contribution is -2.30. The Kier molecular flexibility index (Phi) is 2.65. The van der Waals surface area contributed by atoms with Crippen molar-refractivity contribution in [1.29, 1.82) is 0 Å². The first-order valence-electron chi connectivity index (χ1n) is 3.88. The maximum Gasteiger partial charge on any atom is 0.0938 e. The molecule has 0 aromatic rings. The highest BCUT2D eigenvalue weighted by Gasteiger charge is 2.30. The van der Waals surface area contributed by atoms with Gasteiger partial charge in [0.15, 0.2) is 0 Å². The van der Waals surface area contributed by atoms with E-state index in [1.54, 1.807) is 0 Å². The molecular formula is C8H15NO2. The summed E-state index contributed by atoms with van der Waals surface area (Å²) in [5, 5.41) is 18.4. The summed E-state index contributed by atoms with van der Waals surface area (Å²) in [5.41, 5.74) is 0. The highest BCUT2D eigenvalue weighted by Crippen LogP contribution is 2.13. The second kappa shape index (κ2) is 3.34. The van der Waals surface area contributed by atoms with Crippen molar-refractivity contribution in [3.05, 3.63) is 12.7 Å². The molecule has 1 heterocycles. The minimum atomic E-state index is -0.586. The smallest absolute Gasteiger partial charge is 0.0938 e. The van der Waals surface area contributed by atoms with Crippen LogP contribution in [0.4, 0.5) is 0 Å². The zero-order valence-electron chi connectivity index (χ0n) is 6.77. The molecule has 0 radical (unpaired) electrons. The van der Waals surface area contributed by atoms with Gasteiger partial charge in [-0.25, -0.2) is 0 Å². The van der Waals surface area contributed by atoms with Crippen LogP contribution in [0.3, 0.4) is 0 Å². The van der Waals surface area contributed by atoms with Crippen LogP contribution in [-0.2, 0) is 0 Å². The highest BCUT2D eigenvalue weighted by atomic mass is 16.3. The van der Waals surface area contributed by atoms with E-state index in [1.165, 1.54) is 0 Å². The van der Waals surface area contributed by atoms with E-state index in [-0.39, 0.29) is 6.04 Å². The molecule has 1 aliphatic heterocycles. The Hall–Kier alpha value is -0.380. The third kappa shape index (κ3) is 1.80. The lowest BCUT2D eigenvalue weighted by atomic mass is 10.3. The molecule has 1 saturated heterocycles. The molecule has 1 fully saturated rings. The molecule has 0 aliphatic carbocycles. The Bertz CT molecular complexity index is 139. The molecule has 0 bridgehead atoms. The number of rotatable bonds is 2. The van der Waals surface area contributed by atoms with Crippen molar-refractivity contribution in [3.63, 3.8) is 0 Å². The monoisotopic (exact) mass is 157 g/mol. The van der Waals surface area contributed by atoms with Crippen LogP contribution in [0.25, 0.3) is 0 Å². The second-order valence-electron chi connectivity index (χ2n) is 3.06. The van der Waals surface area contributed by atoms with Gasteiger partial charge in [-0.2, -0.15) is 0 Å². The van der Waals surface area contributed by atoms with Gasteiger partial charge in [-0.3, -0.25) is 4.90 Å². The van der Waals surface area contributed by atoms with Crippen molar-refractivity contribution in [2.45, 2.75) is 25.2 Å². The first-order valence-corrected chi connectivity index (χ1v) is 3.88. The van der Waals surface area contributed by atoms with E-state index in [0.29, 0.717) is 13.1 Å². The van der Waals surface area contributed by atoms with Crippen molar-refractivity contribution >= 4 is 0 Å². The zero-order valence-corrected chi connectivity index (χ0v) is 6.77. The maximum absolute atomic E-state index is 9.19. The number of nitrogens with zero attached hydrogens (tertiary/aromatic N) is 1. The quantitative estimate of drug-likeness (QED) is 0.536. The van der Waals surface area contributed by atoms with Gasteiger partial charge in [-0.15, -0.1) is 6.58 Å². The summed E-state index contributed by atoms with van der Waals surface area (Å²) in [4.78, 5) is 2.00. The number of hydrogen-bond donors (Lipinski definition) is 2. The Morgan fingerprint density at radius 3 is 2.27 bits per heavy atom. The minimum absolute atomic E-state index is 0.238. The van der Waals surface area contributed by atoms with Gasteiger partial charge in [0.1, 0.15) is 0 Å². The van der Waals surface area contributed by atoms with Crippen LogP contribution in [0.5, 0.6) is 0 Å². The summed E-state index contributed by atoms with van der Waals surface area (Å²) in [6.45, 7) is 6.75. The van der Waals surface area contributed by atoms with Gasteiger partial charge in [-0.1, -0.05) is 6.08 Å². The number of aliphatic hydroxyl groups excluding tert-OH is 2. The van der Waals surface area contributed by atoms with Gasteiger partial charge in [0.05, 0.1) is 12.2 Å². The summed E-state index contributed by atoms with van der Waals surface area (Å²) in [6.07, 6.45) is 0.639. The third-order valence-electron chi connectivity index (χ3n) is 2.20. The predicted octanol–water partition coefficient (Wildman–Crippen LogP) is -0.402. The van der Waals surface area contributed by atoms with Crippen LogP contribution in [0, 0.1) is 0 Å². The average Bonchev–Trinajstić information content (AvgIpc) is 2.31. The summed E-state index contributed by atoms with van der Waals surface area (Å²) >= 11 is 0. The molecule has 11 heavy (non-hydrogen) atoms. The third-order valence-corrected chi connectivity index (χ3v) is 2.20. The fourth-order valence-corrected chi connectivity index (χ4v) is 1.28. The van der Waals surface area contributed by atoms with Crippen LogP contribution >= 0.6 is 0 Å². The SMILES string of the molecule is C=CC(C)N1C[C@@H](O)[C@@H](O)C1. The summed E-state index contributed by atoms with van der Waals surface area (Å²) in [7, 11) is 0. The molecule has 3 nitrogen and oxygen atoms in total. The first-order chi connectivity index (χ1) is 5.15. The van der Waals surface area contributed by atoms with E-state index >= 15 is 0 Å². The van der Waals surface area contributed by atoms with Crippen molar-refractivity contribution in [2.24, 2.45) is 0 Å². The van der Waals surface area contributed by atoms with E-state index in [9.17, 15) is 10.2 Å². The number of β-amino-alcohol motifs (C(OH)–C–C–N with tert-alkyl or cyclic N) is 2. The maximum atomic E-state index is 9.19. The largest absolute Gasteiger partial charge is 0.389 e. The lowest BCUT2D eigenvalue weighted by molar-refractivity contribution is 0.0572. The van der Waals surface area contributed by atoms with E-state index in [4.69, 9.17) is 0 Å². The van der Waals surface area contributed by atoms with E-state index < -0.39 is 12.2 Å². The standard InChI is InChI=1S/C8H15NO2/c1-3-6(2)9-4-7(10)8(11)5-9/h3,6-8,10-11H,1,4-5H2,2H3/t6?,7-,8+. The summed E-state index contributed by atoms with van der Waals surface area (Å²) in [6, 6.07) is 0.238. The molecule has 3 atom stereocenters. The van der Waals surface area contributed by atoms with Crippen LogP contribution in [0.2, 0.25) is 0 Å². The zero-order chi connectivity index (χ0) is 8.43. The van der Waals surface area contributed by atoms with Gasteiger partial charge in [0.2, 0.25) is 0 Å². The minimum Gasteiger partial charge on any atom is -0.389 e. The molecule has 3 heteroatoms. The van der Waals surface area contributed by atoms with E-state index in [2.05, 4.69) is 6.58 Å². The fourth-order valence-electron chi connectivity index (χ4n) is 1.28. The second-order valence-corrected chi connectivity index (χ2v) is 3.06. The number of hydrogen-bond acceptors (Lipinski definition) is 3. The van der Waals surface area contributed by atoms with Gasteiger partial charge < -0.3 is 10.2 Å². The summed E-state index contributed by atoms with van der Waals surface area (Å²) in [5.74, 6) is 0. The van der Waals surface area contributed by atoms with Crippen molar-refractivity contribution in [3.8, 4) is 0 Å². The average molecular weight is 157 g/mol. The molecular weight excluding hydrogens is 142 g/mol. The highest BCUT2D eigenvalue weighted by molar-refractivity contribution is 4.92. The van der Waals surface area contributed by atoms with Crippen LogP contribution in [0.15, 0.2) is 12.7 Å². The Morgan fingerprint density at radius 2 is 1.91 bits per heavy atom. The molecule has 0 aromatic carbocycles. The molecule has 1 unspecified atom stereocenters. The van der Waals surface area contributed by atoms with Gasteiger partial charge in [0, 0.05) is 19.1 Å². The fraction of sp³-hybridized carbons (Fsp3) is 0.750. The summed E-state index contributed by atoms with van der Waals surface area (Å²) < 4.78 is 0. The molecule has 1 aliphatic rings. The van der Waals surface area contributed by atoms with E-state index in [0.717, 1.165) is 0 Å². The first kappa shape index (κ1) is 8.71. The molecule has 1 rings (SSSR count). The number of aliphatic hydroxyl groups is 2. The Labute approximate surface area is 66.9 Å². The van der Waals surface area contributed by atoms with Crippen LogP contribution in [-0.4, -0.2) is 46.5 Å². The molecule has 0 amide bonds. The van der Waals surface area contributed by atoms with Crippen LogP contribution in [0.1, 0.15) is 6.92 Å². The predicted molar refractivity (Wildman–Crippen MR) is 43.2 cm³/mol. The van der Waals surface area contributed by atoms with Gasteiger partial charge in [-0.05, 0) is 6.92 Å². The normalized spacial score (nSPS) is 35.5.